The number of hydrogen-bond acceptors (Lipinski definition) is 4. The molecule has 1 aromatic carbocycles. The van der Waals surface area contributed by atoms with Gasteiger partial charge in [0.2, 0.25) is 5.95 Å². The molecule has 0 aliphatic carbocycles. The first-order valence-corrected chi connectivity index (χ1v) is 7.03. The number of nitrogens with zero attached hydrogens (tertiary/aromatic N) is 2. The van der Waals surface area contributed by atoms with E-state index in [1.54, 1.807) is 6.92 Å². The van der Waals surface area contributed by atoms with Crippen LogP contribution in [0.25, 0.3) is 0 Å². The zero-order chi connectivity index (χ0) is 15.2. The fourth-order valence-electron chi connectivity index (χ4n) is 2.00. The molecule has 0 aliphatic heterocycles. The Kier molecular flexibility index (Phi) is 4.87. The van der Waals surface area contributed by atoms with Gasteiger partial charge >= 0.3 is 5.97 Å². The summed E-state index contributed by atoms with van der Waals surface area (Å²) in [5.74, 6) is -0.613. The summed E-state index contributed by atoms with van der Waals surface area (Å²) in [7, 11) is 0. The van der Waals surface area contributed by atoms with Crippen molar-refractivity contribution in [2.75, 3.05) is 5.32 Å². The molecule has 0 amide bonds. The van der Waals surface area contributed by atoms with Crippen LogP contribution in [0.3, 0.4) is 0 Å². The Labute approximate surface area is 124 Å². The van der Waals surface area contributed by atoms with Gasteiger partial charge in [-0.3, -0.25) is 0 Å². The lowest BCUT2D eigenvalue weighted by atomic mass is 10.1. The fourth-order valence-corrected chi connectivity index (χ4v) is 2.00. The molecule has 0 unspecified atom stereocenters. The highest BCUT2D eigenvalue weighted by molar-refractivity contribution is 5.88. The molecule has 0 radical (unpaired) electrons. The summed E-state index contributed by atoms with van der Waals surface area (Å²) >= 11 is 0. The van der Waals surface area contributed by atoms with E-state index >= 15 is 0 Å². The van der Waals surface area contributed by atoms with E-state index in [2.05, 4.69) is 34.3 Å². The molecule has 110 valence electrons. The topological polar surface area (TPSA) is 75.1 Å². The van der Waals surface area contributed by atoms with Crippen molar-refractivity contribution in [1.82, 2.24) is 9.97 Å². The van der Waals surface area contributed by atoms with Gasteiger partial charge in [-0.1, -0.05) is 25.5 Å². The molecule has 0 bridgehead atoms. The molecule has 2 aromatic rings. The van der Waals surface area contributed by atoms with Gasteiger partial charge in [0, 0.05) is 11.9 Å². The third kappa shape index (κ3) is 4.02. The van der Waals surface area contributed by atoms with Gasteiger partial charge in [-0.05, 0) is 37.5 Å². The van der Waals surface area contributed by atoms with Crippen molar-refractivity contribution < 1.29 is 9.90 Å². The maximum atomic E-state index is 10.9. The summed E-state index contributed by atoms with van der Waals surface area (Å²) in [6, 6.07) is 8.12. The first-order chi connectivity index (χ1) is 10.1. The van der Waals surface area contributed by atoms with Crippen LogP contribution in [0.5, 0.6) is 0 Å². The highest BCUT2D eigenvalue weighted by atomic mass is 16.4. The zero-order valence-electron chi connectivity index (χ0n) is 12.3. The van der Waals surface area contributed by atoms with Crippen molar-refractivity contribution in [3.8, 4) is 0 Å². The van der Waals surface area contributed by atoms with Crippen molar-refractivity contribution in [1.29, 1.82) is 0 Å². The molecule has 0 atom stereocenters. The standard InChI is InChI=1S/C16H19N3O2/c1-3-4-5-12-6-8-13(9-7-12)19-16-17-10-14(15(20)21)11(2)18-16/h6-10H,3-5H2,1-2H3,(H,20,21)(H,17,18,19). The predicted octanol–water partition coefficient (Wildman–Crippen LogP) is 3.57. The number of unbranched alkanes of at least 4 members (excludes halogenated alkanes) is 1. The second-order valence-electron chi connectivity index (χ2n) is 4.92. The van der Waals surface area contributed by atoms with E-state index in [4.69, 9.17) is 5.11 Å². The number of benzene rings is 1. The van der Waals surface area contributed by atoms with Crippen molar-refractivity contribution >= 4 is 17.6 Å². The average molecular weight is 285 g/mol. The van der Waals surface area contributed by atoms with Crippen LogP contribution in [-0.2, 0) is 6.42 Å². The van der Waals surface area contributed by atoms with Gasteiger partial charge in [0.15, 0.2) is 0 Å². The largest absolute Gasteiger partial charge is 0.478 e. The number of carbonyl (C=O) groups is 1. The smallest absolute Gasteiger partial charge is 0.339 e. The molecule has 0 aliphatic rings. The second kappa shape index (κ2) is 6.83. The van der Waals surface area contributed by atoms with Gasteiger partial charge in [-0.15, -0.1) is 0 Å². The molecule has 0 saturated heterocycles. The van der Waals surface area contributed by atoms with Crippen molar-refractivity contribution in [3.63, 3.8) is 0 Å². The van der Waals surface area contributed by atoms with Crippen LogP contribution in [0.2, 0.25) is 0 Å². The van der Waals surface area contributed by atoms with Crippen LogP contribution in [0.15, 0.2) is 30.5 Å². The molecule has 5 nitrogen and oxygen atoms in total. The molecule has 2 rings (SSSR count). The Morgan fingerprint density at radius 3 is 2.57 bits per heavy atom. The van der Waals surface area contributed by atoms with E-state index in [1.165, 1.54) is 24.6 Å². The number of aryl methyl sites for hydroxylation is 2. The summed E-state index contributed by atoms with van der Waals surface area (Å²) in [6.45, 7) is 3.83. The molecule has 21 heavy (non-hydrogen) atoms. The molecular formula is C16H19N3O2. The molecular weight excluding hydrogens is 266 g/mol. The van der Waals surface area contributed by atoms with Crippen LogP contribution in [0.4, 0.5) is 11.6 Å². The third-order valence-corrected chi connectivity index (χ3v) is 3.24. The quantitative estimate of drug-likeness (QED) is 0.848. The van der Waals surface area contributed by atoms with Crippen LogP contribution >= 0.6 is 0 Å². The Hall–Kier alpha value is -2.43. The summed E-state index contributed by atoms with van der Waals surface area (Å²) < 4.78 is 0. The second-order valence-corrected chi connectivity index (χ2v) is 4.92. The van der Waals surface area contributed by atoms with E-state index < -0.39 is 5.97 Å². The Morgan fingerprint density at radius 1 is 1.29 bits per heavy atom. The highest BCUT2D eigenvalue weighted by Gasteiger charge is 2.09. The number of carboxylic acids is 1. The number of carboxylic acid groups (broad SMARTS) is 1. The Balaban J connectivity index is 2.07. The van der Waals surface area contributed by atoms with Crippen LogP contribution in [0, 0.1) is 6.92 Å². The van der Waals surface area contributed by atoms with E-state index in [-0.39, 0.29) is 5.56 Å². The summed E-state index contributed by atoms with van der Waals surface area (Å²) in [4.78, 5) is 19.1. The minimum atomic E-state index is -1.01. The van der Waals surface area contributed by atoms with Gasteiger partial charge < -0.3 is 10.4 Å². The number of nitrogens with one attached hydrogen (secondary N) is 1. The lowest BCUT2D eigenvalue weighted by Gasteiger charge is -2.07. The fraction of sp³-hybridized carbons (Fsp3) is 0.312. The number of anilines is 2. The first-order valence-electron chi connectivity index (χ1n) is 7.03. The summed E-state index contributed by atoms with van der Waals surface area (Å²) in [5, 5.41) is 12.0. The Bertz CT molecular complexity index is 624. The lowest BCUT2D eigenvalue weighted by molar-refractivity contribution is 0.0695. The number of aromatic nitrogens is 2. The molecule has 1 heterocycles. The van der Waals surface area contributed by atoms with Crippen LogP contribution in [0.1, 0.15) is 41.4 Å². The van der Waals surface area contributed by atoms with Crippen LogP contribution < -0.4 is 5.32 Å². The van der Waals surface area contributed by atoms with Gasteiger partial charge in [-0.2, -0.15) is 0 Å². The predicted molar refractivity (Wildman–Crippen MR) is 82.1 cm³/mol. The normalized spacial score (nSPS) is 10.4. The maximum Gasteiger partial charge on any atom is 0.339 e. The van der Waals surface area contributed by atoms with Crippen molar-refractivity contribution in [2.24, 2.45) is 0 Å². The average Bonchev–Trinajstić information content (AvgIpc) is 2.46. The van der Waals surface area contributed by atoms with Crippen molar-refractivity contribution in [2.45, 2.75) is 33.1 Å². The molecule has 1 aromatic heterocycles. The Morgan fingerprint density at radius 2 is 2.00 bits per heavy atom. The maximum absolute atomic E-state index is 10.9. The van der Waals surface area contributed by atoms with E-state index in [0.29, 0.717) is 11.6 Å². The minimum absolute atomic E-state index is 0.121. The van der Waals surface area contributed by atoms with E-state index in [0.717, 1.165) is 12.1 Å². The first kappa shape index (κ1) is 15.0. The van der Waals surface area contributed by atoms with Crippen molar-refractivity contribution in [3.05, 3.63) is 47.3 Å². The summed E-state index contributed by atoms with van der Waals surface area (Å²) in [5.41, 5.74) is 2.76. The monoisotopic (exact) mass is 285 g/mol. The number of rotatable bonds is 6. The molecule has 0 saturated carbocycles. The van der Waals surface area contributed by atoms with E-state index in [1.807, 2.05) is 12.1 Å². The molecule has 0 spiro atoms. The van der Waals surface area contributed by atoms with Gasteiger partial charge in [0.05, 0.1) is 11.3 Å². The highest BCUT2D eigenvalue weighted by Crippen LogP contribution is 2.16. The third-order valence-electron chi connectivity index (χ3n) is 3.24. The minimum Gasteiger partial charge on any atom is -0.478 e. The number of hydrogen-bond donors (Lipinski definition) is 2. The molecule has 2 N–H and O–H groups in total. The number of aromatic carboxylic acids is 1. The van der Waals surface area contributed by atoms with E-state index in [9.17, 15) is 4.79 Å². The summed E-state index contributed by atoms with van der Waals surface area (Å²) in [6.07, 6.45) is 4.77. The van der Waals surface area contributed by atoms with Gasteiger partial charge in [-0.25, -0.2) is 14.8 Å². The van der Waals surface area contributed by atoms with Gasteiger partial charge in [0.1, 0.15) is 0 Å². The molecule has 0 fully saturated rings. The van der Waals surface area contributed by atoms with Crippen LogP contribution in [-0.4, -0.2) is 21.0 Å². The SMILES string of the molecule is CCCCc1ccc(Nc2ncc(C(=O)O)c(C)n2)cc1. The lowest BCUT2D eigenvalue weighted by Crippen LogP contribution is -2.06. The zero-order valence-corrected chi connectivity index (χ0v) is 12.3. The molecule has 5 heteroatoms. The van der Waals surface area contributed by atoms with Gasteiger partial charge in [0.25, 0.3) is 0 Å².